The van der Waals surface area contributed by atoms with Crippen LogP contribution in [0.2, 0.25) is 0 Å². The first-order valence-electron chi connectivity index (χ1n) is 11.6. The van der Waals surface area contributed by atoms with Crippen LogP contribution in [-0.2, 0) is 9.53 Å². The summed E-state index contributed by atoms with van der Waals surface area (Å²) in [5, 5.41) is 3.07. The van der Waals surface area contributed by atoms with Crippen LogP contribution in [0.15, 0.2) is 71.9 Å². The van der Waals surface area contributed by atoms with Crippen molar-refractivity contribution in [1.29, 1.82) is 0 Å². The first-order chi connectivity index (χ1) is 16.2. The molecule has 0 spiro atoms. The molecule has 1 aliphatic carbocycles. The Labute approximate surface area is 194 Å². The number of carbonyl (C=O) groups is 2. The summed E-state index contributed by atoms with van der Waals surface area (Å²) in [5.74, 6) is -0.382. The molecule has 3 aliphatic rings. The van der Waals surface area contributed by atoms with Crippen molar-refractivity contribution in [1.82, 2.24) is 15.1 Å². The molecule has 1 N–H and O–H groups in total. The molecule has 0 radical (unpaired) electrons. The number of benzene rings is 2. The lowest BCUT2D eigenvalue weighted by Crippen LogP contribution is -2.53. The van der Waals surface area contributed by atoms with Crippen molar-refractivity contribution in [3.05, 3.63) is 77.5 Å². The highest BCUT2D eigenvalue weighted by Gasteiger charge is 2.44. The summed E-state index contributed by atoms with van der Waals surface area (Å²) in [6.07, 6.45) is 1.92. The van der Waals surface area contributed by atoms with Crippen molar-refractivity contribution in [3.8, 4) is 0 Å². The van der Waals surface area contributed by atoms with Crippen molar-refractivity contribution < 1.29 is 14.3 Å². The standard InChI is InChI=1S/C26H30N4O3/c1-33-25(31)23-22(18-28-14-16-29(17-15-28)20-10-6-3-7-11-20)30(21-12-13-21)26(32)27-24(23)19-8-4-2-5-9-19/h2-11,21,24H,12-18H2,1H3,(H,27,32)/t24-/m0/s1. The number of para-hydroxylation sites is 1. The predicted octanol–water partition coefficient (Wildman–Crippen LogP) is 3.16. The van der Waals surface area contributed by atoms with Crippen LogP contribution in [0, 0.1) is 0 Å². The maximum absolute atomic E-state index is 13.2. The molecule has 2 fully saturated rings. The second-order valence-corrected chi connectivity index (χ2v) is 8.85. The third kappa shape index (κ3) is 4.46. The summed E-state index contributed by atoms with van der Waals surface area (Å²) < 4.78 is 5.22. The normalized spacial score (nSPS) is 21.7. The zero-order valence-corrected chi connectivity index (χ0v) is 18.9. The van der Waals surface area contributed by atoms with Crippen LogP contribution in [0.4, 0.5) is 10.5 Å². The molecule has 172 valence electrons. The number of nitrogens with one attached hydrogen (secondary N) is 1. The van der Waals surface area contributed by atoms with E-state index < -0.39 is 6.04 Å². The van der Waals surface area contributed by atoms with Crippen LogP contribution in [-0.4, -0.2) is 67.7 Å². The van der Waals surface area contributed by atoms with Crippen molar-refractivity contribution in [2.75, 3.05) is 44.7 Å². The van der Waals surface area contributed by atoms with E-state index in [1.165, 1.54) is 12.8 Å². The largest absolute Gasteiger partial charge is 0.466 e. The molecular formula is C26H30N4O3. The minimum atomic E-state index is -0.512. The lowest BCUT2D eigenvalue weighted by Gasteiger charge is -2.41. The van der Waals surface area contributed by atoms with Gasteiger partial charge in [0.15, 0.2) is 0 Å². The van der Waals surface area contributed by atoms with E-state index >= 15 is 0 Å². The van der Waals surface area contributed by atoms with Gasteiger partial charge < -0.3 is 15.0 Å². The van der Waals surface area contributed by atoms with E-state index in [2.05, 4.69) is 39.4 Å². The molecule has 7 heteroatoms. The molecule has 0 aromatic heterocycles. The number of amides is 2. The number of nitrogens with zero attached hydrogens (tertiary/aromatic N) is 3. The summed E-state index contributed by atoms with van der Waals surface area (Å²) >= 11 is 0. The van der Waals surface area contributed by atoms with Gasteiger partial charge in [0.25, 0.3) is 0 Å². The number of anilines is 1. The second-order valence-electron chi connectivity index (χ2n) is 8.85. The predicted molar refractivity (Wildman–Crippen MR) is 127 cm³/mol. The third-order valence-electron chi connectivity index (χ3n) is 6.69. The van der Waals surface area contributed by atoms with Crippen LogP contribution >= 0.6 is 0 Å². The van der Waals surface area contributed by atoms with Crippen LogP contribution in [0.25, 0.3) is 0 Å². The fourth-order valence-corrected chi connectivity index (χ4v) is 4.82. The molecule has 5 rings (SSSR count). The van der Waals surface area contributed by atoms with Crippen molar-refractivity contribution in [2.24, 2.45) is 0 Å². The van der Waals surface area contributed by atoms with E-state index in [1.54, 1.807) is 0 Å². The van der Waals surface area contributed by atoms with Gasteiger partial charge in [-0.3, -0.25) is 9.80 Å². The zero-order chi connectivity index (χ0) is 22.8. The number of hydrogen-bond acceptors (Lipinski definition) is 5. The lowest BCUT2D eigenvalue weighted by molar-refractivity contribution is -0.136. The minimum Gasteiger partial charge on any atom is -0.466 e. The smallest absolute Gasteiger partial charge is 0.338 e. The van der Waals surface area contributed by atoms with E-state index in [1.807, 2.05) is 41.3 Å². The monoisotopic (exact) mass is 446 g/mol. The molecule has 1 saturated heterocycles. The quantitative estimate of drug-likeness (QED) is 0.691. The third-order valence-corrected chi connectivity index (χ3v) is 6.69. The van der Waals surface area contributed by atoms with Crippen molar-refractivity contribution in [2.45, 2.75) is 24.9 Å². The fourth-order valence-electron chi connectivity index (χ4n) is 4.82. The molecule has 2 aromatic carbocycles. The number of methoxy groups -OCH3 is 1. The zero-order valence-electron chi connectivity index (χ0n) is 18.9. The molecule has 7 nitrogen and oxygen atoms in total. The maximum Gasteiger partial charge on any atom is 0.338 e. The van der Waals surface area contributed by atoms with Gasteiger partial charge in [-0.25, -0.2) is 9.59 Å². The Kier molecular flexibility index (Phi) is 6.05. The number of urea groups is 1. The van der Waals surface area contributed by atoms with Gasteiger partial charge in [-0.1, -0.05) is 48.5 Å². The maximum atomic E-state index is 13.2. The minimum absolute atomic E-state index is 0.128. The van der Waals surface area contributed by atoms with Gasteiger partial charge in [-0.2, -0.15) is 0 Å². The average Bonchev–Trinajstić information content (AvgIpc) is 3.70. The average molecular weight is 447 g/mol. The molecular weight excluding hydrogens is 416 g/mol. The van der Waals surface area contributed by atoms with E-state index in [0.717, 1.165) is 50.3 Å². The van der Waals surface area contributed by atoms with E-state index in [-0.39, 0.29) is 18.0 Å². The second kappa shape index (κ2) is 9.27. The van der Waals surface area contributed by atoms with Crippen molar-refractivity contribution >= 4 is 17.7 Å². The summed E-state index contributed by atoms with van der Waals surface area (Å²) in [7, 11) is 1.41. The van der Waals surface area contributed by atoms with Crippen molar-refractivity contribution in [3.63, 3.8) is 0 Å². The summed E-state index contributed by atoms with van der Waals surface area (Å²) in [4.78, 5) is 32.8. The number of piperazine rings is 1. The number of carbonyl (C=O) groups excluding carboxylic acids is 2. The highest BCUT2D eigenvalue weighted by Crippen LogP contribution is 2.38. The summed E-state index contributed by atoms with van der Waals surface area (Å²) in [6, 6.07) is 19.6. The highest BCUT2D eigenvalue weighted by atomic mass is 16.5. The number of esters is 1. The Balaban J connectivity index is 1.44. The molecule has 1 atom stereocenters. The number of ether oxygens (including phenoxy) is 1. The van der Waals surface area contributed by atoms with E-state index in [0.29, 0.717) is 12.1 Å². The van der Waals surface area contributed by atoms with Crippen LogP contribution < -0.4 is 10.2 Å². The molecule has 2 aromatic rings. The molecule has 2 amide bonds. The Hall–Kier alpha value is -3.32. The molecule has 1 saturated carbocycles. The van der Waals surface area contributed by atoms with Gasteiger partial charge >= 0.3 is 12.0 Å². The van der Waals surface area contributed by atoms with Gasteiger partial charge in [-0.15, -0.1) is 0 Å². The fraction of sp³-hybridized carbons (Fsp3) is 0.385. The van der Waals surface area contributed by atoms with Gasteiger partial charge in [0.1, 0.15) is 0 Å². The van der Waals surface area contributed by atoms with Crippen LogP contribution in [0.5, 0.6) is 0 Å². The molecule has 2 heterocycles. The molecule has 0 bridgehead atoms. The molecule has 2 aliphatic heterocycles. The van der Waals surface area contributed by atoms with Gasteiger partial charge in [-0.05, 0) is 30.5 Å². The topological polar surface area (TPSA) is 65.1 Å². The van der Waals surface area contributed by atoms with E-state index in [4.69, 9.17) is 4.74 Å². The highest BCUT2D eigenvalue weighted by molar-refractivity contribution is 5.95. The summed E-state index contributed by atoms with van der Waals surface area (Å²) in [5.41, 5.74) is 3.44. The van der Waals surface area contributed by atoms with Crippen LogP contribution in [0.1, 0.15) is 24.4 Å². The first-order valence-corrected chi connectivity index (χ1v) is 11.6. The lowest BCUT2D eigenvalue weighted by atomic mass is 9.94. The van der Waals surface area contributed by atoms with Gasteiger partial charge in [0.05, 0.1) is 18.7 Å². The Morgan fingerprint density at radius 1 is 0.970 bits per heavy atom. The first kappa shape index (κ1) is 21.5. The Morgan fingerprint density at radius 2 is 1.61 bits per heavy atom. The Bertz CT molecular complexity index is 1030. The number of hydrogen-bond donors (Lipinski definition) is 1. The number of rotatable bonds is 6. The SMILES string of the molecule is COC(=O)C1=C(CN2CCN(c3ccccc3)CC2)N(C2CC2)C(=O)N[C@H]1c1ccccc1. The van der Waals surface area contributed by atoms with Gasteiger partial charge in [0.2, 0.25) is 0 Å². The molecule has 33 heavy (non-hydrogen) atoms. The Morgan fingerprint density at radius 3 is 2.21 bits per heavy atom. The summed E-state index contributed by atoms with van der Waals surface area (Å²) in [6.45, 7) is 4.09. The van der Waals surface area contributed by atoms with E-state index in [9.17, 15) is 9.59 Å². The van der Waals surface area contributed by atoms with Crippen LogP contribution in [0.3, 0.4) is 0 Å². The molecule has 0 unspecified atom stereocenters. The van der Waals surface area contributed by atoms with Gasteiger partial charge in [0, 0.05) is 50.2 Å².